The quantitative estimate of drug-likeness (QED) is 0.334. The summed E-state index contributed by atoms with van der Waals surface area (Å²) in [7, 11) is 0. The highest BCUT2D eigenvalue weighted by Crippen LogP contribution is 2.47. The fourth-order valence-electron chi connectivity index (χ4n) is 5.73. The van der Waals surface area contributed by atoms with Crippen LogP contribution in [0.1, 0.15) is 56.9 Å². The minimum Gasteiger partial charge on any atom is -0.486 e. The second-order valence-electron chi connectivity index (χ2n) is 10.4. The number of ether oxygens (including phenoxy) is 2. The van der Waals surface area contributed by atoms with Crippen LogP contribution < -0.4 is 10.1 Å². The molecule has 0 unspecified atom stereocenters. The molecule has 1 fully saturated rings. The summed E-state index contributed by atoms with van der Waals surface area (Å²) in [6, 6.07) is 6.83. The lowest BCUT2D eigenvalue weighted by molar-refractivity contribution is -0.137. The Bertz CT molecular complexity index is 963. The van der Waals surface area contributed by atoms with Gasteiger partial charge in [0, 0.05) is 50.3 Å². The van der Waals surface area contributed by atoms with E-state index in [9.17, 15) is 19.8 Å². The number of nitrogens with zero attached hydrogens (tertiary/aromatic N) is 2. The van der Waals surface area contributed by atoms with E-state index in [-0.39, 0.29) is 25.0 Å². The molecule has 9 heteroatoms. The molecule has 0 saturated carbocycles. The van der Waals surface area contributed by atoms with E-state index < -0.39 is 24.2 Å². The zero-order chi connectivity index (χ0) is 26.9. The van der Waals surface area contributed by atoms with Gasteiger partial charge in [0.15, 0.2) is 0 Å². The SMILES string of the molecule is CCCCCCCC(=O)N(CCN1CCOCC1)[C@@H]1C=C(C(=O)NCCO)[C@@H]2c3ccccc3O[C@@H]2[C@H]1O. The monoisotopic (exact) mass is 529 g/mol. The number of aliphatic hydroxyl groups is 2. The van der Waals surface area contributed by atoms with E-state index in [1.54, 1.807) is 11.0 Å². The van der Waals surface area contributed by atoms with Gasteiger partial charge in [0.25, 0.3) is 0 Å². The topological polar surface area (TPSA) is 112 Å². The molecule has 1 aromatic carbocycles. The molecule has 38 heavy (non-hydrogen) atoms. The molecule has 2 heterocycles. The number of amides is 2. The first kappa shape index (κ1) is 28.5. The van der Waals surface area contributed by atoms with E-state index in [0.717, 1.165) is 50.8 Å². The van der Waals surface area contributed by atoms with E-state index >= 15 is 0 Å². The number of nitrogens with one attached hydrogen (secondary N) is 1. The van der Waals surface area contributed by atoms with Crippen molar-refractivity contribution in [2.24, 2.45) is 0 Å². The Hall–Kier alpha value is -2.46. The van der Waals surface area contributed by atoms with Crippen LogP contribution in [-0.2, 0) is 14.3 Å². The smallest absolute Gasteiger partial charge is 0.247 e. The molecule has 0 spiro atoms. The Morgan fingerprint density at radius 2 is 1.89 bits per heavy atom. The van der Waals surface area contributed by atoms with Gasteiger partial charge in [-0.3, -0.25) is 14.5 Å². The maximum absolute atomic E-state index is 13.6. The number of morpholine rings is 1. The summed E-state index contributed by atoms with van der Waals surface area (Å²) in [4.78, 5) is 30.9. The fraction of sp³-hybridized carbons (Fsp3) is 0.655. The van der Waals surface area contributed by atoms with Gasteiger partial charge in [0.2, 0.25) is 11.8 Å². The predicted molar refractivity (Wildman–Crippen MR) is 144 cm³/mol. The molecule has 1 aliphatic carbocycles. The zero-order valence-corrected chi connectivity index (χ0v) is 22.5. The lowest BCUT2D eigenvalue weighted by atomic mass is 9.77. The van der Waals surface area contributed by atoms with Gasteiger partial charge in [0.1, 0.15) is 18.0 Å². The van der Waals surface area contributed by atoms with Crippen molar-refractivity contribution in [3.8, 4) is 5.75 Å². The fourth-order valence-corrected chi connectivity index (χ4v) is 5.73. The zero-order valence-electron chi connectivity index (χ0n) is 22.5. The number of carbonyl (C=O) groups is 2. The average molecular weight is 530 g/mol. The second-order valence-corrected chi connectivity index (χ2v) is 10.4. The normalized spacial score (nSPS) is 24.7. The van der Waals surface area contributed by atoms with Crippen LogP contribution in [0.3, 0.4) is 0 Å². The summed E-state index contributed by atoms with van der Waals surface area (Å²) in [6.45, 7) is 6.19. The van der Waals surface area contributed by atoms with Crippen LogP contribution in [0.5, 0.6) is 5.75 Å². The number of aliphatic hydroxyl groups excluding tert-OH is 2. The minimum absolute atomic E-state index is 0.0147. The van der Waals surface area contributed by atoms with Crippen molar-refractivity contribution < 1.29 is 29.3 Å². The lowest BCUT2D eigenvalue weighted by Gasteiger charge is -2.41. The molecule has 3 N–H and O–H groups in total. The maximum atomic E-state index is 13.6. The summed E-state index contributed by atoms with van der Waals surface area (Å²) in [5.41, 5.74) is 1.32. The second kappa shape index (κ2) is 14.1. The van der Waals surface area contributed by atoms with Gasteiger partial charge in [-0.2, -0.15) is 0 Å². The van der Waals surface area contributed by atoms with Gasteiger partial charge >= 0.3 is 0 Å². The first-order chi connectivity index (χ1) is 18.5. The van der Waals surface area contributed by atoms with Crippen LogP contribution in [-0.4, -0.2) is 103 Å². The summed E-state index contributed by atoms with van der Waals surface area (Å²) >= 11 is 0. The summed E-state index contributed by atoms with van der Waals surface area (Å²) in [5.74, 6) is -0.128. The number of benzene rings is 1. The van der Waals surface area contributed by atoms with Crippen LogP contribution in [0.4, 0.5) is 0 Å². The summed E-state index contributed by atoms with van der Waals surface area (Å²) < 4.78 is 11.7. The molecule has 2 aliphatic heterocycles. The lowest BCUT2D eigenvalue weighted by Crippen LogP contribution is -2.57. The number of rotatable bonds is 13. The molecule has 1 saturated heterocycles. The van der Waals surface area contributed by atoms with E-state index in [2.05, 4.69) is 17.1 Å². The highest BCUT2D eigenvalue weighted by atomic mass is 16.5. The third kappa shape index (κ3) is 6.75. The van der Waals surface area contributed by atoms with Gasteiger partial charge in [-0.05, 0) is 18.6 Å². The number of fused-ring (bicyclic) bond motifs is 3. The molecule has 1 aromatic rings. The highest BCUT2D eigenvalue weighted by molar-refractivity contribution is 5.96. The predicted octanol–water partition coefficient (Wildman–Crippen LogP) is 1.83. The van der Waals surface area contributed by atoms with E-state index in [1.807, 2.05) is 24.3 Å². The van der Waals surface area contributed by atoms with Crippen molar-refractivity contribution in [1.82, 2.24) is 15.1 Å². The summed E-state index contributed by atoms with van der Waals surface area (Å²) in [6.07, 6.45) is 5.71. The Labute approximate surface area is 225 Å². The van der Waals surface area contributed by atoms with Crippen LogP contribution >= 0.6 is 0 Å². The molecule has 2 amide bonds. The number of para-hydroxylation sites is 1. The van der Waals surface area contributed by atoms with Gasteiger partial charge < -0.3 is 29.9 Å². The third-order valence-corrected chi connectivity index (χ3v) is 7.81. The molecule has 0 radical (unpaired) electrons. The van der Waals surface area contributed by atoms with Crippen molar-refractivity contribution in [3.05, 3.63) is 41.5 Å². The Balaban J connectivity index is 1.59. The largest absolute Gasteiger partial charge is 0.486 e. The minimum atomic E-state index is -0.990. The molecule has 3 aliphatic rings. The molecule has 0 bridgehead atoms. The molecule has 4 atom stereocenters. The van der Waals surface area contributed by atoms with Gasteiger partial charge in [-0.1, -0.05) is 50.8 Å². The van der Waals surface area contributed by atoms with Gasteiger partial charge in [0.05, 0.1) is 31.8 Å². The van der Waals surface area contributed by atoms with Crippen molar-refractivity contribution in [2.75, 3.05) is 52.5 Å². The highest BCUT2D eigenvalue weighted by Gasteiger charge is 2.50. The third-order valence-electron chi connectivity index (χ3n) is 7.81. The molecule has 210 valence electrons. The van der Waals surface area contributed by atoms with Gasteiger partial charge in [-0.15, -0.1) is 0 Å². The Morgan fingerprint density at radius 3 is 2.66 bits per heavy atom. The van der Waals surface area contributed by atoms with E-state index in [4.69, 9.17) is 9.47 Å². The Morgan fingerprint density at radius 1 is 1.13 bits per heavy atom. The van der Waals surface area contributed by atoms with Crippen molar-refractivity contribution in [1.29, 1.82) is 0 Å². The van der Waals surface area contributed by atoms with Crippen molar-refractivity contribution in [2.45, 2.75) is 69.6 Å². The first-order valence-electron chi connectivity index (χ1n) is 14.2. The number of hydrogen-bond acceptors (Lipinski definition) is 7. The first-order valence-corrected chi connectivity index (χ1v) is 14.2. The molecule has 9 nitrogen and oxygen atoms in total. The number of unbranched alkanes of at least 4 members (excludes halogenated alkanes) is 4. The van der Waals surface area contributed by atoms with Crippen LogP contribution in [0, 0.1) is 0 Å². The maximum Gasteiger partial charge on any atom is 0.247 e. The van der Waals surface area contributed by atoms with E-state index in [1.165, 1.54) is 0 Å². The van der Waals surface area contributed by atoms with Crippen LogP contribution in [0.25, 0.3) is 0 Å². The van der Waals surface area contributed by atoms with Crippen LogP contribution in [0.15, 0.2) is 35.9 Å². The summed E-state index contributed by atoms with van der Waals surface area (Å²) in [5, 5.41) is 23.7. The number of carbonyl (C=O) groups excluding carboxylic acids is 2. The van der Waals surface area contributed by atoms with Crippen molar-refractivity contribution in [3.63, 3.8) is 0 Å². The molecular formula is C29H43N3O6. The standard InChI is InChI=1S/C29H43N3O6/c1-2-3-4-5-6-11-25(34)32(14-13-31-15-18-37-19-16-31)23-20-22(29(36)30-12-17-33)26-21-9-7-8-10-24(21)38-28(26)27(23)35/h7-10,20,23,26-28,33,35H,2-6,11-19H2,1H3,(H,30,36)/t23-,26+,27+,28+/m1/s1. The average Bonchev–Trinajstić information content (AvgIpc) is 3.33. The molecule has 4 rings (SSSR count). The molecular weight excluding hydrogens is 486 g/mol. The van der Waals surface area contributed by atoms with Crippen LogP contribution in [0.2, 0.25) is 0 Å². The number of hydrogen-bond donors (Lipinski definition) is 3. The molecule has 0 aromatic heterocycles. The van der Waals surface area contributed by atoms with E-state index in [0.29, 0.717) is 44.0 Å². The van der Waals surface area contributed by atoms with Crippen molar-refractivity contribution >= 4 is 11.8 Å². The van der Waals surface area contributed by atoms with Gasteiger partial charge in [-0.25, -0.2) is 0 Å². The Kier molecular flexibility index (Phi) is 10.6.